The lowest BCUT2D eigenvalue weighted by Crippen LogP contribution is -2.22. The maximum absolute atomic E-state index is 4.94. The standard InChI is InChI=1S/C5H13BO2/c1-5(2)6(7-3)8-4/h5H,1-4H3. The largest absolute Gasteiger partial charge is 0.459 e. The topological polar surface area (TPSA) is 18.5 Å². The quantitative estimate of drug-likeness (QED) is 0.515. The molecule has 0 aromatic carbocycles. The Kier molecular flexibility index (Phi) is 3.92. The molecule has 0 aliphatic carbocycles. The SMILES string of the molecule is COB(OC)C(C)C. The number of hydrogen-bond acceptors (Lipinski definition) is 2. The maximum atomic E-state index is 4.94. The van der Waals surface area contributed by atoms with Gasteiger partial charge in [-0.2, -0.15) is 0 Å². The second-order valence-corrected chi connectivity index (χ2v) is 2.08. The van der Waals surface area contributed by atoms with Gasteiger partial charge in [0.25, 0.3) is 0 Å². The van der Waals surface area contributed by atoms with E-state index in [4.69, 9.17) is 9.31 Å². The summed E-state index contributed by atoms with van der Waals surface area (Å²) in [6.07, 6.45) is 0. The van der Waals surface area contributed by atoms with Crippen LogP contribution in [0.1, 0.15) is 13.8 Å². The fourth-order valence-electron chi connectivity index (χ4n) is 0.641. The van der Waals surface area contributed by atoms with E-state index in [1.807, 2.05) is 0 Å². The average molecular weight is 116 g/mol. The molecule has 2 nitrogen and oxygen atoms in total. The van der Waals surface area contributed by atoms with Gasteiger partial charge in [-0.25, -0.2) is 0 Å². The predicted molar refractivity (Wildman–Crippen MR) is 34.9 cm³/mol. The second kappa shape index (κ2) is 3.92. The third-order valence-corrected chi connectivity index (χ3v) is 1.01. The summed E-state index contributed by atoms with van der Waals surface area (Å²) in [6.45, 7) is 4.11. The van der Waals surface area contributed by atoms with E-state index in [0.29, 0.717) is 5.82 Å². The van der Waals surface area contributed by atoms with Crippen LogP contribution >= 0.6 is 0 Å². The minimum absolute atomic E-state index is 0.0463. The molecule has 8 heavy (non-hydrogen) atoms. The van der Waals surface area contributed by atoms with E-state index in [1.165, 1.54) is 0 Å². The molecule has 0 N–H and O–H groups in total. The molecule has 0 amide bonds. The summed E-state index contributed by atoms with van der Waals surface area (Å²) in [6, 6.07) is 0. The molecule has 3 heteroatoms. The summed E-state index contributed by atoms with van der Waals surface area (Å²) < 4.78 is 9.88. The summed E-state index contributed by atoms with van der Waals surface area (Å²) in [5, 5.41) is 0. The van der Waals surface area contributed by atoms with Gasteiger partial charge in [-0.3, -0.25) is 0 Å². The smallest absolute Gasteiger partial charge is 0.414 e. The third kappa shape index (κ3) is 2.33. The monoisotopic (exact) mass is 116 g/mol. The second-order valence-electron chi connectivity index (χ2n) is 2.08. The van der Waals surface area contributed by atoms with Crippen molar-refractivity contribution in [1.82, 2.24) is 0 Å². The molecule has 0 rings (SSSR count). The Morgan fingerprint density at radius 3 is 1.50 bits per heavy atom. The normalized spacial score (nSPS) is 10.1. The van der Waals surface area contributed by atoms with Crippen LogP contribution < -0.4 is 0 Å². The van der Waals surface area contributed by atoms with Crippen molar-refractivity contribution in [3.05, 3.63) is 0 Å². The van der Waals surface area contributed by atoms with Crippen LogP contribution in [0.5, 0.6) is 0 Å². The number of rotatable bonds is 3. The Bertz CT molecular complexity index is 52.4. The summed E-state index contributed by atoms with van der Waals surface area (Å²) in [5.74, 6) is 0.435. The first-order chi connectivity index (χ1) is 3.72. The first-order valence-electron chi connectivity index (χ1n) is 2.78. The van der Waals surface area contributed by atoms with E-state index in [2.05, 4.69) is 13.8 Å². The van der Waals surface area contributed by atoms with Crippen LogP contribution in [-0.4, -0.2) is 21.3 Å². The van der Waals surface area contributed by atoms with Crippen molar-refractivity contribution in [3.8, 4) is 0 Å². The van der Waals surface area contributed by atoms with Crippen molar-refractivity contribution in [2.24, 2.45) is 0 Å². The highest BCUT2D eigenvalue weighted by Gasteiger charge is 2.18. The fourth-order valence-corrected chi connectivity index (χ4v) is 0.641. The molecule has 0 atom stereocenters. The molecule has 0 aliphatic heterocycles. The van der Waals surface area contributed by atoms with Gasteiger partial charge in [0.2, 0.25) is 0 Å². The summed E-state index contributed by atoms with van der Waals surface area (Å²) in [5.41, 5.74) is 0. The highest BCUT2D eigenvalue weighted by molar-refractivity contribution is 6.45. The highest BCUT2D eigenvalue weighted by atomic mass is 16.6. The Labute approximate surface area is 51.3 Å². The van der Waals surface area contributed by atoms with Crippen molar-refractivity contribution in [2.75, 3.05) is 14.2 Å². The van der Waals surface area contributed by atoms with Crippen molar-refractivity contribution in [1.29, 1.82) is 0 Å². The Hall–Kier alpha value is -0.0151. The molecule has 0 saturated heterocycles. The summed E-state index contributed by atoms with van der Waals surface area (Å²) in [7, 11) is 3.25. The molecule has 0 spiro atoms. The van der Waals surface area contributed by atoms with Crippen molar-refractivity contribution < 1.29 is 9.31 Å². The zero-order chi connectivity index (χ0) is 6.57. The van der Waals surface area contributed by atoms with E-state index >= 15 is 0 Å². The van der Waals surface area contributed by atoms with Gasteiger partial charge in [0, 0.05) is 14.2 Å². The van der Waals surface area contributed by atoms with Crippen molar-refractivity contribution >= 4 is 7.12 Å². The van der Waals surface area contributed by atoms with E-state index in [9.17, 15) is 0 Å². The predicted octanol–water partition coefficient (Wildman–Crippen LogP) is 1.18. The van der Waals surface area contributed by atoms with E-state index < -0.39 is 0 Å². The highest BCUT2D eigenvalue weighted by Crippen LogP contribution is 2.06. The molecular weight excluding hydrogens is 103 g/mol. The van der Waals surface area contributed by atoms with Gasteiger partial charge >= 0.3 is 7.12 Å². The molecule has 48 valence electrons. The summed E-state index contributed by atoms with van der Waals surface area (Å²) >= 11 is 0. The lowest BCUT2D eigenvalue weighted by Gasteiger charge is -2.10. The van der Waals surface area contributed by atoms with Crippen molar-refractivity contribution in [3.63, 3.8) is 0 Å². The van der Waals surface area contributed by atoms with Gasteiger partial charge in [-0.05, 0) is 5.82 Å². The molecule has 0 aromatic rings. The third-order valence-electron chi connectivity index (χ3n) is 1.01. The average Bonchev–Trinajstić information content (AvgIpc) is 1.69. The van der Waals surface area contributed by atoms with Crippen LogP contribution in [-0.2, 0) is 9.31 Å². The molecule has 0 radical (unpaired) electrons. The van der Waals surface area contributed by atoms with E-state index in [1.54, 1.807) is 14.2 Å². The first-order valence-corrected chi connectivity index (χ1v) is 2.78. The van der Waals surface area contributed by atoms with Crippen LogP contribution in [0, 0.1) is 0 Å². The molecule has 0 saturated carbocycles. The molecule has 0 aliphatic rings. The zero-order valence-electron chi connectivity index (χ0n) is 5.97. The van der Waals surface area contributed by atoms with E-state index in [0.717, 1.165) is 0 Å². The van der Waals surface area contributed by atoms with Crippen LogP contribution in [0.25, 0.3) is 0 Å². The molecule has 0 fully saturated rings. The van der Waals surface area contributed by atoms with Gasteiger partial charge < -0.3 is 9.31 Å². The Morgan fingerprint density at radius 1 is 1.12 bits per heavy atom. The van der Waals surface area contributed by atoms with Gasteiger partial charge in [-0.1, -0.05) is 13.8 Å². The minimum atomic E-state index is -0.0463. The lowest BCUT2D eigenvalue weighted by molar-refractivity contribution is 0.269. The van der Waals surface area contributed by atoms with Gasteiger partial charge in [0.1, 0.15) is 0 Å². The molecule has 0 bridgehead atoms. The Balaban J connectivity index is 3.35. The first kappa shape index (κ1) is 7.98. The van der Waals surface area contributed by atoms with Crippen LogP contribution in [0.3, 0.4) is 0 Å². The molecular formula is C5H13BO2. The van der Waals surface area contributed by atoms with Crippen molar-refractivity contribution in [2.45, 2.75) is 19.7 Å². The summed E-state index contributed by atoms with van der Waals surface area (Å²) in [4.78, 5) is 0. The fraction of sp³-hybridized carbons (Fsp3) is 1.00. The molecule has 0 unspecified atom stereocenters. The molecule has 0 heterocycles. The maximum Gasteiger partial charge on any atom is 0.459 e. The number of hydrogen-bond donors (Lipinski definition) is 0. The van der Waals surface area contributed by atoms with Crippen LogP contribution in [0.15, 0.2) is 0 Å². The van der Waals surface area contributed by atoms with E-state index in [-0.39, 0.29) is 7.12 Å². The Morgan fingerprint density at radius 2 is 1.50 bits per heavy atom. The zero-order valence-corrected chi connectivity index (χ0v) is 5.97. The van der Waals surface area contributed by atoms with Gasteiger partial charge in [0.05, 0.1) is 0 Å². The molecule has 0 aromatic heterocycles. The minimum Gasteiger partial charge on any atom is -0.414 e. The van der Waals surface area contributed by atoms with Gasteiger partial charge in [0.15, 0.2) is 0 Å². The van der Waals surface area contributed by atoms with Crippen LogP contribution in [0.4, 0.5) is 0 Å². The van der Waals surface area contributed by atoms with Gasteiger partial charge in [-0.15, -0.1) is 0 Å². The lowest BCUT2D eigenvalue weighted by atomic mass is 9.75. The van der Waals surface area contributed by atoms with Crippen LogP contribution in [0.2, 0.25) is 5.82 Å².